The van der Waals surface area contributed by atoms with Gasteiger partial charge in [0.1, 0.15) is 5.76 Å². The summed E-state index contributed by atoms with van der Waals surface area (Å²) in [6.45, 7) is 7.57. The predicted octanol–water partition coefficient (Wildman–Crippen LogP) is 2.57. The van der Waals surface area contributed by atoms with Gasteiger partial charge in [-0.15, -0.1) is 0 Å². The first-order chi connectivity index (χ1) is 8.82. The van der Waals surface area contributed by atoms with Gasteiger partial charge < -0.3 is 10.0 Å². The lowest BCUT2D eigenvalue weighted by Gasteiger charge is -2.21. The number of aryl methyl sites for hydroxylation is 2. The molecular weight excluding hydrogens is 226 g/mol. The number of ether oxygens (including phenoxy) is 1. The first-order valence-corrected chi connectivity index (χ1v) is 6.01. The van der Waals surface area contributed by atoms with Gasteiger partial charge in [0.2, 0.25) is 0 Å². The lowest BCUT2D eigenvalue weighted by Crippen LogP contribution is -2.38. The summed E-state index contributed by atoms with van der Waals surface area (Å²) in [5.41, 5.74) is 2.69. The van der Waals surface area contributed by atoms with Crippen LogP contribution in [0.3, 0.4) is 0 Å². The Balaban J connectivity index is 2.76. The zero-order valence-corrected chi connectivity index (χ0v) is 11.5. The van der Waals surface area contributed by atoms with Crippen LogP contribution < -0.4 is 5.31 Å². The Labute approximate surface area is 109 Å². The van der Waals surface area contributed by atoms with Crippen molar-refractivity contribution in [2.75, 3.05) is 7.11 Å². The van der Waals surface area contributed by atoms with E-state index in [2.05, 4.69) is 0 Å². The molecule has 0 saturated carbocycles. The van der Waals surface area contributed by atoms with Gasteiger partial charge in [0.05, 0.1) is 18.2 Å². The molecule has 2 rings (SSSR count). The molecule has 0 aromatic heterocycles. The molecule has 18 heavy (non-hydrogen) atoms. The molecule has 1 aromatic carbocycles. The molecule has 1 amide bonds. The van der Waals surface area contributed by atoms with Gasteiger partial charge in [-0.3, -0.25) is 4.79 Å². The fraction of sp³-hybridized carbons (Fsp3) is 0.400. The highest BCUT2D eigenvalue weighted by atomic mass is 16.5. The quantitative estimate of drug-likeness (QED) is 0.871. The molecule has 0 aliphatic carbocycles. The first-order valence-electron chi connectivity index (χ1n) is 6.45. The third-order valence-electron chi connectivity index (χ3n) is 3.31. The summed E-state index contributed by atoms with van der Waals surface area (Å²) in [4.78, 5) is 12.4. The van der Waals surface area contributed by atoms with Crippen LogP contribution in [0.15, 0.2) is 24.0 Å². The molecule has 3 heteroatoms. The van der Waals surface area contributed by atoms with Crippen molar-refractivity contribution < 1.29 is 10.9 Å². The van der Waals surface area contributed by atoms with Gasteiger partial charge >= 0.3 is 0 Å². The largest absolute Gasteiger partial charge is 0.498 e. The molecule has 1 aliphatic rings. The van der Waals surface area contributed by atoms with E-state index >= 15 is 0 Å². The Morgan fingerprint density at radius 3 is 2.33 bits per heavy atom. The predicted molar refractivity (Wildman–Crippen MR) is 72.1 cm³/mol. The van der Waals surface area contributed by atoms with Crippen molar-refractivity contribution >= 4 is 11.5 Å². The van der Waals surface area contributed by atoms with Crippen LogP contribution in [-0.4, -0.2) is 18.6 Å². The smallest absolute Gasteiger partial charge is 0.256 e. The highest BCUT2D eigenvalue weighted by Crippen LogP contribution is 2.36. The standard InChI is InChI=1S/C15H19NO2/c1-9-7-6-8-10(2)11(9)12-13(18-5)15(3,4)16-14(12)17/h6-8H,1-5H3,(H,16,17)/i/hD. The van der Waals surface area contributed by atoms with Crippen LogP contribution in [0.1, 0.15) is 30.5 Å². The molecule has 3 nitrogen and oxygen atoms in total. The SMILES string of the molecule is [2H]N1C(=O)C(c2c(C)cccc2C)=C(OC)C1(C)C. The number of hydrogen-bond donors (Lipinski definition) is 1. The Morgan fingerprint density at radius 2 is 1.83 bits per heavy atom. The topological polar surface area (TPSA) is 38.3 Å². The average molecular weight is 246 g/mol. The van der Waals surface area contributed by atoms with Crippen molar-refractivity contribution in [3.8, 4) is 0 Å². The van der Waals surface area contributed by atoms with E-state index in [9.17, 15) is 4.79 Å². The van der Waals surface area contributed by atoms with E-state index in [0.29, 0.717) is 11.3 Å². The van der Waals surface area contributed by atoms with E-state index in [-0.39, 0.29) is 5.91 Å². The number of carbonyl (C=O) groups excluding carboxylic acids is 1. The van der Waals surface area contributed by atoms with Gasteiger partial charge in [0, 0.05) is 0 Å². The molecule has 0 spiro atoms. The maximum absolute atomic E-state index is 12.4. The van der Waals surface area contributed by atoms with Crippen molar-refractivity contribution in [3.63, 3.8) is 0 Å². The van der Waals surface area contributed by atoms with Gasteiger partial charge in [-0.25, -0.2) is 0 Å². The summed E-state index contributed by atoms with van der Waals surface area (Å²) in [5.74, 6) is 0.254. The van der Waals surface area contributed by atoms with Crippen LogP contribution >= 0.6 is 0 Å². The number of nitrogens with one attached hydrogen (secondary N) is 1. The second kappa shape index (κ2) is 4.16. The third kappa shape index (κ3) is 1.80. The minimum atomic E-state index is -0.740. The van der Waals surface area contributed by atoms with Crippen molar-refractivity contribution in [1.29, 1.82) is 0 Å². The van der Waals surface area contributed by atoms with Gasteiger partial charge in [-0.1, -0.05) is 18.2 Å². The second-order valence-corrected chi connectivity index (χ2v) is 5.15. The normalized spacial score (nSPS) is 19.3. The Kier molecular flexibility index (Phi) is 2.62. The Hall–Kier alpha value is -1.77. The van der Waals surface area contributed by atoms with E-state index in [1.54, 1.807) is 7.11 Å². The van der Waals surface area contributed by atoms with E-state index < -0.39 is 5.54 Å². The van der Waals surface area contributed by atoms with Crippen LogP contribution in [0.5, 0.6) is 0 Å². The van der Waals surface area contributed by atoms with Crippen LogP contribution in [0.2, 0.25) is 1.41 Å². The summed E-state index contributed by atoms with van der Waals surface area (Å²) in [5, 5.41) is 0.993. The van der Waals surface area contributed by atoms with Gasteiger partial charge in [0.15, 0.2) is 1.41 Å². The van der Waals surface area contributed by atoms with Crippen LogP contribution in [0.25, 0.3) is 5.57 Å². The van der Waals surface area contributed by atoms with Gasteiger partial charge in [-0.2, -0.15) is 0 Å². The fourth-order valence-electron chi connectivity index (χ4n) is 2.54. The van der Waals surface area contributed by atoms with E-state index in [1.165, 1.54) is 0 Å². The Morgan fingerprint density at radius 1 is 1.28 bits per heavy atom. The highest BCUT2D eigenvalue weighted by Gasteiger charge is 2.40. The minimum absolute atomic E-state index is 0.306. The molecule has 0 atom stereocenters. The summed E-state index contributed by atoms with van der Waals surface area (Å²) < 4.78 is 13.4. The zero-order valence-electron chi connectivity index (χ0n) is 12.5. The number of methoxy groups -OCH3 is 1. The number of rotatable bonds is 2. The zero-order chi connectivity index (χ0) is 14.4. The molecule has 0 unspecified atom stereocenters. The molecule has 1 N–H and O–H groups in total. The summed E-state index contributed by atoms with van der Waals surface area (Å²) in [6.07, 6.45) is 0. The monoisotopic (exact) mass is 246 g/mol. The lowest BCUT2D eigenvalue weighted by molar-refractivity contribution is -0.115. The summed E-state index contributed by atoms with van der Waals surface area (Å²) in [7, 11) is 1.55. The third-order valence-corrected chi connectivity index (χ3v) is 3.31. The molecule has 1 aromatic rings. The van der Waals surface area contributed by atoms with Crippen LogP contribution in [0.4, 0.5) is 0 Å². The Bertz CT molecular complexity index is 555. The molecule has 0 fully saturated rings. The number of hydrogen-bond acceptors (Lipinski definition) is 2. The molecule has 0 saturated heterocycles. The van der Waals surface area contributed by atoms with Crippen molar-refractivity contribution in [3.05, 3.63) is 40.6 Å². The summed E-state index contributed by atoms with van der Waals surface area (Å²) >= 11 is 0. The van der Waals surface area contributed by atoms with Crippen molar-refractivity contribution in [2.24, 2.45) is 0 Å². The summed E-state index contributed by atoms with van der Waals surface area (Å²) in [6, 6.07) is 5.90. The van der Waals surface area contributed by atoms with Crippen LogP contribution in [-0.2, 0) is 9.53 Å². The second-order valence-electron chi connectivity index (χ2n) is 5.15. The number of carbonyl (C=O) groups is 1. The minimum Gasteiger partial charge on any atom is -0.498 e. The van der Waals surface area contributed by atoms with E-state index in [4.69, 9.17) is 6.15 Å². The van der Waals surface area contributed by atoms with Crippen molar-refractivity contribution in [1.82, 2.24) is 5.31 Å². The molecule has 1 heterocycles. The number of amides is 1. The lowest BCUT2D eigenvalue weighted by atomic mass is 9.93. The molecule has 0 radical (unpaired) electrons. The first kappa shape index (κ1) is 11.3. The molecule has 1 aliphatic heterocycles. The molecule has 96 valence electrons. The molecule has 0 bridgehead atoms. The van der Waals surface area contributed by atoms with Crippen molar-refractivity contribution in [2.45, 2.75) is 33.2 Å². The van der Waals surface area contributed by atoms with E-state index in [1.807, 2.05) is 45.9 Å². The highest BCUT2D eigenvalue weighted by molar-refractivity contribution is 6.23. The average Bonchev–Trinajstić information content (AvgIpc) is 2.50. The van der Waals surface area contributed by atoms with Gasteiger partial charge in [-0.05, 0) is 44.4 Å². The van der Waals surface area contributed by atoms with Gasteiger partial charge in [0.25, 0.3) is 5.91 Å². The maximum atomic E-state index is 12.4. The fourth-order valence-corrected chi connectivity index (χ4v) is 2.54. The van der Waals surface area contributed by atoms with E-state index in [0.717, 1.165) is 22.0 Å². The molecular formula is C15H19NO2. The number of benzene rings is 1. The van der Waals surface area contributed by atoms with Crippen LogP contribution in [0, 0.1) is 13.8 Å². The maximum Gasteiger partial charge on any atom is 0.256 e.